The van der Waals surface area contributed by atoms with Crippen LogP contribution in [0.3, 0.4) is 0 Å². The number of aliphatic imine (C=N–C) groups is 1. The van der Waals surface area contributed by atoms with Crippen LogP contribution in [0.2, 0.25) is 0 Å². The summed E-state index contributed by atoms with van der Waals surface area (Å²) in [5.74, 6) is 0.999. The van der Waals surface area contributed by atoms with Crippen molar-refractivity contribution < 1.29 is 9.53 Å². The maximum Gasteiger partial charge on any atom is 0.234 e. The van der Waals surface area contributed by atoms with Gasteiger partial charge in [-0.3, -0.25) is 14.7 Å². The van der Waals surface area contributed by atoms with E-state index in [0.29, 0.717) is 19.7 Å². The number of piperazine rings is 1. The monoisotopic (exact) mass is 403 g/mol. The van der Waals surface area contributed by atoms with E-state index in [4.69, 9.17) is 4.74 Å². The Morgan fingerprint density at radius 1 is 1.07 bits per heavy atom. The van der Waals surface area contributed by atoms with Crippen molar-refractivity contribution in [2.24, 2.45) is 4.99 Å². The summed E-state index contributed by atoms with van der Waals surface area (Å²) in [6.07, 6.45) is 0.985. The summed E-state index contributed by atoms with van der Waals surface area (Å²) in [5.41, 5.74) is 5.45. The smallest absolute Gasteiger partial charge is 0.234 e. The standard InChI is InChI=1S/C22H37N5O2/c1-17-14-18(2)20(19(3)15-17)6-7-25-22(23-4)27-11-9-26(10-12-27)16-21(28)24-8-13-29-5/h14-15H,6-13,16H2,1-5H3,(H,23,25)(H,24,28). The fraction of sp³-hybridized carbons (Fsp3) is 0.636. The molecule has 1 aromatic rings. The first kappa shape index (κ1) is 23.2. The zero-order chi connectivity index (χ0) is 21.2. The molecule has 0 saturated carbocycles. The summed E-state index contributed by atoms with van der Waals surface area (Å²) >= 11 is 0. The first-order valence-electron chi connectivity index (χ1n) is 10.4. The Bertz CT molecular complexity index is 673. The average Bonchev–Trinajstić information content (AvgIpc) is 2.68. The number of rotatable bonds is 8. The van der Waals surface area contributed by atoms with E-state index >= 15 is 0 Å². The number of aryl methyl sites for hydroxylation is 3. The van der Waals surface area contributed by atoms with E-state index < -0.39 is 0 Å². The van der Waals surface area contributed by atoms with Crippen molar-refractivity contribution in [1.82, 2.24) is 20.4 Å². The predicted molar refractivity (Wildman–Crippen MR) is 119 cm³/mol. The number of carbonyl (C=O) groups excluding carboxylic acids is 1. The number of ether oxygens (including phenoxy) is 1. The Kier molecular flexibility index (Phi) is 9.41. The van der Waals surface area contributed by atoms with E-state index in [0.717, 1.165) is 45.1 Å². The largest absolute Gasteiger partial charge is 0.383 e. The lowest BCUT2D eigenvalue weighted by molar-refractivity contribution is -0.122. The lowest BCUT2D eigenvalue weighted by Crippen LogP contribution is -2.54. The van der Waals surface area contributed by atoms with Crippen LogP contribution >= 0.6 is 0 Å². The summed E-state index contributed by atoms with van der Waals surface area (Å²) < 4.78 is 4.96. The molecule has 0 unspecified atom stereocenters. The number of hydrogen-bond donors (Lipinski definition) is 2. The number of nitrogens with zero attached hydrogens (tertiary/aromatic N) is 3. The summed E-state index contributed by atoms with van der Waals surface area (Å²) in [6.45, 7) is 12.4. The van der Waals surface area contributed by atoms with Gasteiger partial charge in [-0.15, -0.1) is 0 Å². The summed E-state index contributed by atoms with van der Waals surface area (Å²) in [5, 5.41) is 6.39. The molecule has 0 spiro atoms. The van der Waals surface area contributed by atoms with Gasteiger partial charge in [0.1, 0.15) is 0 Å². The number of guanidine groups is 1. The first-order valence-corrected chi connectivity index (χ1v) is 10.4. The van der Waals surface area contributed by atoms with Gasteiger partial charge in [-0.1, -0.05) is 17.7 Å². The van der Waals surface area contributed by atoms with Gasteiger partial charge in [0.15, 0.2) is 5.96 Å². The van der Waals surface area contributed by atoms with Gasteiger partial charge in [-0.2, -0.15) is 0 Å². The van der Waals surface area contributed by atoms with Crippen LogP contribution in [-0.4, -0.2) is 88.2 Å². The third-order valence-electron chi connectivity index (χ3n) is 5.38. The van der Waals surface area contributed by atoms with Gasteiger partial charge in [0.2, 0.25) is 5.91 Å². The molecule has 0 aliphatic carbocycles. The van der Waals surface area contributed by atoms with Crippen LogP contribution in [0.4, 0.5) is 0 Å². The quantitative estimate of drug-likeness (QED) is 0.387. The molecule has 162 valence electrons. The fourth-order valence-electron chi connectivity index (χ4n) is 3.91. The van der Waals surface area contributed by atoms with Gasteiger partial charge in [0, 0.05) is 53.4 Å². The number of amides is 1. The molecule has 1 heterocycles. The maximum atomic E-state index is 12.0. The highest BCUT2D eigenvalue weighted by Crippen LogP contribution is 2.16. The first-order chi connectivity index (χ1) is 13.9. The zero-order valence-corrected chi connectivity index (χ0v) is 18.7. The van der Waals surface area contributed by atoms with Crippen molar-refractivity contribution in [3.05, 3.63) is 34.4 Å². The second kappa shape index (κ2) is 11.8. The van der Waals surface area contributed by atoms with Gasteiger partial charge >= 0.3 is 0 Å². The molecular formula is C22H37N5O2. The van der Waals surface area contributed by atoms with Crippen molar-refractivity contribution in [3.8, 4) is 0 Å². The second-order valence-corrected chi connectivity index (χ2v) is 7.71. The normalized spacial score (nSPS) is 15.5. The second-order valence-electron chi connectivity index (χ2n) is 7.71. The molecule has 29 heavy (non-hydrogen) atoms. The average molecular weight is 404 g/mol. The molecular weight excluding hydrogens is 366 g/mol. The summed E-state index contributed by atoms with van der Waals surface area (Å²) in [4.78, 5) is 20.9. The molecule has 7 nitrogen and oxygen atoms in total. The van der Waals surface area contributed by atoms with E-state index in [1.807, 2.05) is 7.05 Å². The lowest BCUT2D eigenvalue weighted by atomic mass is 9.97. The Balaban J connectivity index is 1.76. The molecule has 1 aromatic carbocycles. The Labute approximate surface area is 175 Å². The molecule has 0 radical (unpaired) electrons. The molecule has 1 aliphatic rings. The molecule has 1 aliphatic heterocycles. The number of nitrogens with one attached hydrogen (secondary N) is 2. The molecule has 7 heteroatoms. The van der Waals surface area contributed by atoms with Crippen molar-refractivity contribution in [3.63, 3.8) is 0 Å². The molecule has 2 rings (SSSR count). The van der Waals surface area contributed by atoms with Crippen molar-refractivity contribution in [2.45, 2.75) is 27.2 Å². The van der Waals surface area contributed by atoms with E-state index in [2.05, 4.69) is 58.3 Å². The maximum absolute atomic E-state index is 12.0. The number of benzene rings is 1. The number of hydrogen-bond acceptors (Lipinski definition) is 4. The third kappa shape index (κ3) is 7.33. The van der Waals surface area contributed by atoms with Gasteiger partial charge in [0.05, 0.1) is 13.2 Å². The van der Waals surface area contributed by atoms with Gasteiger partial charge < -0.3 is 20.3 Å². The molecule has 1 amide bonds. The zero-order valence-electron chi connectivity index (χ0n) is 18.7. The highest BCUT2D eigenvalue weighted by Gasteiger charge is 2.21. The molecule has 1 fully saturated rings. The van der Waals surface area contributed by atoms with Gasteiger partial charge in [0.25, 0.3) is 0 Å². The van der Waals surface area contributed by atoms with Gasteiger partial charge in [-0.25, -0.2) is 0 Å². The van der Waals surface area contributed by atoms with E-state index in [9.17, 15) is 4.79 Å². The van der Waals surface area contributed by atoms with Crippen LogP contribution in [-0.2, 0) is 16.0 Å². The Morgan fingerprint density at radius 3 is 2.31 bits per heavy atom. The summed E-state index contributed by atoms with van der Waals surface area (Å²) in [6, 6.07) is 4.50. The third-order valence-corrected chi connectivity index (χ3v) is 5.38. The van der Waals surface area contributed by atoms with Crippen LogP contribution in [0.25, 0.3) is 0 Å². The summed E-state index contributed by atoms with van der Waals surface area (Å²) in [7, 11) is 3.47. The minimum absolute atomic E-state index is 0.0573. The minimum atomic E-state index is 0.0573. The van der Waals surface area contributed by atoms with Crippen molar-refractivity contribution >= 4 is 11.9 Å². The highest BCUT2D eigenvalue weighted by atomic mass is 16.5. The Hall–Kier alpha value is -2.12. The molecule has 0 atom stereocenters. The highest BCUT2D eigenvalue weighted by molar-refractivity contribution is 5.80. The van der Waals surface area contributed by atoms with Crippen LogP contribution < -0.4 is 10.6 Å². The Morgan fingerprint density at radius 2 is 1.72 bits per heavy atom. The minimum Gasteiger partial charge on any atom is -0.383 e. The van der Waals surface area contributed by atoms with E-state index in [1.165, 1.54) is 22.3 Å². The van der Waals surface area contributed by atoms with Crippen molar-refractivity contribution in [1.29, 1.82) is 0 Å². The molecule has 2 N–H and O–H groups in total. The van der Waals surface area contributed by atoms with E-state index in [1.54, 1.807) is 7.11 Å². The molecule has 0 bridgehead atoms. The van der Waals surface area contributed by atoms with Crippen LogP contribution in [0.15, 0.2) is 17.1 Å². The topological polar surface area (TPSA) is 69.2 Å². The van der Waals surface area contributed by atoms with Crippen LogP contribution in [0.1, 0.15) is 22.3 Å². The van der Waals surface area contributed by atoms with Crippen LogP contribution in [0, 0.1) is 20.8 Å². The fourth-order valence-corrected chi connectivity index (χ4v) is 3.91. The SMILES string of the molecule is CN=C(NCCc1c(C)cc(C)cc1C)N1CCN(CC(=O)NCCOC)CC1. The number of carbonyl (C=O) groups is 1. The molecule has 0 aromatic heterocycles. The van der Waals surface area contributed by atoms with Crippen LogP contribution in [0.5, 0.6) is 0 Å². The van der Waals surface area contributed by atoms with Gasteiger partial charge in [-0.05, 0) is 43.9 Å². The lowest BCUT2D eigenvalue weighted by Gasteiger charge is -2.36. The molecule has 1 saturated heterocycles. The number of methoxy groups -OCH3 is 1. The van der Waals surface area contributed by atoms with E-state index in [-0.39, 0.29) is 5.91 Å². The van der Waals surface area contributed by atoms with Crippen molar-refractivity contribution in [2.75, 3.05) is 66.6 Å². The predicted octanol–water partition coefficient (Wildman–Crippen LogP) is 1.11.